The highest BCUT2D eigenvalue weighted by molar-refractivity contribution is 6.31. The summed E-state index contributed by atoms with van der Waals surface area (Å²) in [5.41, 5.74) is 0.328. The van der Waals surface area contributed by atoms with Crippen molar-refractivity contribution in [3.8, 4) is 5.75 Å². The van der Waals surface area contributed by atoms with Gasteiger partial charge in [-0.1, -0.05) is 11.6 Å². The molecule has 1 amide bonds. The van der Waals surface area contributed by atoms with E-state index in [0.717, 1.165) is 13.1 Å². The Labute approximate surface area is 118 Å². The number of benzene rings is 1. The van der Waals surface area contributed by atoms with Crippen LogP contribution in [0, 0.1) is 11.8 Å². The molecule has 2 fully saturated rings. The zero-order valence-electron chi connectivity index (χ0n) is 10.8. The van der Waals surface area contributed by atoms with Gasteiger partial charge < -0.3 is 10.0 Å². The Kier molecular flexibility index (Phi) is 3.40. The summed E-state index contributed by atoms with van der Waals surface area (Å²) in [7, 11) is 0. The van der Waals surface area contributed by atoms with Crippen LogP contribution in [0.1, 0.15) is 36.0 Å². The van der Waals surface area contributed by atoms with E-state index in [2.05, 4.69) is 0 Å². The van der Waals surface area contributed by atoms with E-state index in [1.165, 1.54) is 31.7 Å². The van der Waals surface area contributed by atoms with E-state index >= 15 is 0 Å². The second-order valence-electron chi connectivity index (χ2n) is 5.76. The van der Waals surface area contributed by atoms with Gasteiger partial charge in [0.15, 0.2) is 0 Å². The predicted octanol–water partition coefficient (Wildman–Crippen LogP) is 3.31. The van der Waals surface area contributed by atoms with E-state index in [1.54, 1.807) is 12.1 Å². The molecule has 0 saturated heterocycles. The molecule has 2 aliphatic carbocycles. The van der Waals surface area contributed by atoms with Crippen LogP contribution in [0.5, 0.6) is 5.75 Å². The quantitative estimate of drug-likeness (QED) is 0.898. The molecule has 0 radical (unpaired) electrons. The van der Waals surface area contributed by atoms with E-state index in [4.69, 9.17) is 11.6 Å². The largest absolute Gasteiger partial charge is 0.507 e. The Balaban J connectivity index is 1.78. The fraction of sp³-hybridized carbons (Fsp3) is 0.533. The van der Waals surface area contributed by atoms with Crippen molar-refractivity contribution >= 4 is 17.5 Å². The zero-order chi connectivity index (χ0) is 13.4. The minimum atomic E-state index is -0.0844. The standard InChI is InChI=1S/C15H18ClNO2/c16-12-5-6-14(18)13(7-12)15(19)17(8-10-1-2-10)9-11-3-4-11/h5-7,10-11,18H,1-4,8-9H2. The van der Waals surface area contributed by atoms with Gasteiger partial charge in [-0.25, -0.2) is 0 Å². The maximum Gasteiger partial charge on any atom is 0.257 e. The third-order valence-corrected chi connectivity index (χ3v) is 4.06. The van der Waals surface area contributed by atoms with Crippen molar-refractivity contribution in [3.63, 3.8) is 0 Å². The van der Waals surface area contributed by atoms with Crippen molar-refractivity contribution in [1.29, 1.82) is 0 Å². The first-order chi connectivity index (χ1) is 9.13. The van der Waals surface area contributed by atoms with Gasteiger partial charge in [-0.2, -0.15) is 0 Å². The number of halogens is 1. The summed E-state index contributed by atoms with van der Waals surface area (Å²) in [6, 6.07) is 4.65. The highest BCUT2D eigenvalue weighted by atomic mass is 35.5. The van der Waals surface area contributed by atoms with Gasteiger partial charge in [-0.3, -0.25) is 4.79 Å². The molecular formula is C15H18ClNO2. The highest BCUT2D eigenvalue weighted by Crippen LogP contribution is 2.35. The minimum absolute atomic E-state index is 0.0194. The van der Waals surface area contributed by atoms with Crippen LogP contribution >= 0.6 is 11.6 Å². The lowest BCUT2D eigenvalue weighted by molar-refractivity contribution is 0.0736. The summed E-state index contributed by atoms with van der Waals surface area (Å²) < 4.78 is 0. The highest BCUT2D eigenvalue weighted by Gasteiger charge is 2.32. The van der Waals surface area contributed by atoms with Gasteiger partial charge in [-0.05, 0) is 55.7 Å². The van der Waals surface area contributed by atoms with Crippen LogP contribution in [0.2, 0.25) is 5.02 Å². The van der Waals surface area contributed by atoms with Gasteiger partial charge >= 0.3 is 0 Å². The van der Waals surface area contributed by atoms with Gasteiger partial charge in [0.1, 0.15) is 5.75 Å². The molecule has 19 heavy (non-hydrogen) atoms. The lowest BCUT2D eigenvalue weighted by Gasteiger charge is -2.23. The van der Waals surface area contributed by atoms with Crippen molar-refractivity contribution in [2.45, 2.75) is 25.7 Å². The molecule has 3 rings (SSSR count). The Bertz CT molecular complexity index is 481. The average Bonchev–Trinajstić information content (AvgIpc) is 3.25. The third kappa shape index (κ3) is 3.21. The molecule has 3 nitrogen and oxygen atoms in total. The number of phenolic OH excluding ortho intramolecular Hbond substituents is 1. The molecule has 0 aromatic heterocycles. The van der Waals surface area contributed by atoms with Gasteiger partial charge in [0.25, 0.3) is 5.91 Å². The second kappa shape index (κ2) is 5.04. The summed E-state index contributed by atoms with van der Waals surface area (Å²) in [6.07, 6.45) is 4.87. The topological polar surface area (TPSA) is 40.5 Å². The smallest absolute Gasteiger partial charge is 0.257 e. The molecule has 2 aliphatic rings. The van der Waals surface area contributed by atoms with E-state index < -0.39 is 0 Å². The maximum absolute atomic E-state index is 12.6. The van der Waals surface area contributed by atoms with Crippen molar-refractivity contribution in [3.05, 3.63) is 28.8 Å². The number of carbonyl (C=O) groups excluding carboxylic acids is 1. The fourth-order valence-electron chi connectivity index (χ4n) is 2.31. The third-order valence-electron chi connectivity index (χ3n) is 3.83. The molecule has 1 aromatic rings. The fourth-order valence-corrected chi connectivity index (χ4v) is 2.49. The molecule has 0 heterocycles. The molecular weight excluding hydrogens is 262 g/mol. The first-order valence-corrected chi connectivity index (χ1v) is 7.29. The molecule has 0 bridgehead atoms. The summed E-state index contributed by atoms with van der Waals surface area (Å²) in [6.45, 7) is 1.64. The average molecular weight is 280 g/mol. The van der Waals surface area contributed by atoms with Crippen LogP contribution in [0.15, 0.2) is 18.2 Å². The molecule has 0 unspecified atom stereocenters. The van der Waals surface area contributed by atoms with Crippen LogP contribution < -0.4 is 0 Å². The van der Waals surface area contributed by atoms with Crippen LogP contribution in [0.3, 0.4) is 0 Å². The van der Waals surface area contributed by atoms with Crippen LogP contribution in [-0.2, 0) is 0 Å². The summed E-state index contributed by atoms with van der Waals surface area (Å²) in [4.78, 5) is 14.5. The van der Waals surface area contributed by atoms with E-state index in [-0.39, 0.29) is 11.7 Å². The van der Waals surface area contributed by atoms with Gasteiger partial charge in [0, 0.05) is 18.1 Å². The number of nitrogens with zero attached hydrogens (tertiary/aromatic N) is 1. The van der Waals surface area contributed by atoms with Gasteiger partial charge in [0.05, 0.1) is 5.56 Å². The number of aromatic hydroxyl groups is 1. The van der Waals surface area contributed by atoms with Gasteiger partial charge in [0.2, 0.25) is 0 Å². The normalized spacial score (nSPS) is 18.4. The molecule has 1 N–H and O–H groups in total. The molecule has 0 atom stereocenters. The minimum Gasteiger partial charge on any atom is -0.507 e. The van der Waals surface area contributed by atoms with Crippen LogP contribution in [-0.4, -0.2) is 29.0 Å². The van der Waals surface area contributed by atoms with Crippen molar-refractivity contribution in [2.24, 2.45) is 11.8 Å². The molecule has 1 aromatic carbocycles. The maximum atomic E-state index is 12.6. The van der Waals surface area contributed by atoms with Crippen LogP contribution in [0.25, 0.3) is 0 Å². The van der Waals surface area contributed by atoms with Gasteiger partial charge in [-0.15, -0.1) is 0 Å². The van der Waals surface area contributed by atoms with E-state index in [1.807, 2.05) is 4.90 Å². The monoisotopic (exact) mass is 279 g/mol. The van der Waals surface area contributed by atoms with E-state index in [9.17, 15) is 9.90 Å². The van der Waals surface area contributed by atoms with Crippen molar-refractivity contribution < 1.29 is 9.90 Å². The summed E-state index contributed by atoms with van der Waals surface area (Å²) >= 11 is 5.92. The molecule has 0 spiro atoms. The Hall–Kier alpha value is -1.22. The number of hydrogen-bond donors (Lipinski definition) is 1. The molecule has 2 saturated carbocycles. The van der Waals surface area contributed by atoms with E-state index in [0.29, 0.717) is 22.4 Å². The predicted molar refractivity (Wildman–Crippen MR) is 74.5 cm³/mol. The number of phenols is 1. The Morgan fingerprint density at radius 2 is 1.79 bits per heavy atom. The Morgan fingerprint density at radius 1 is 1.21 bits per heavy atom. The number of hydrogen-bond acceptors (Lipinski definition) is 2. The number of carbonyl (C=O) groups is 1. The summed E-state index contributed by atoms with van der Waals surface area (Å²) in [5.74, 6) is 1.25. The first-order valence-electron chi connectivity index (χ1n) is 6.91. The number of rotatable bonds is 5. The van der Waals surface area contributed by atoms with Crippen LogP contribution in [0.4, 0.5) is 0 Å². The summed E-state index contributed by atoms with van der Waals surface area (Å²) in [5, 5.41) is 10.3. The molecule has 0 aliphatic heterocycles. The Morgan fingerprint density at radius 3 is 2.32 bits per heavy atom. The second-order valence-corrected chi connectivity index (χ2v) is 6.19. The van der Waals surface area contributed by atoms with Crippen molar-refractivity contribution in [1.82, 2.24) is 4.90 Å². The lowest BCUT2D eigenvalue weighted by atomic mass is 10.1. The van der Waals surface area contributed by atoms with Crippen molar-refractivity contribution in [2.75, 3.05) is 13.1 Å². The molecule has 4 heteroatoms. The SMILES string of the molecule is O=C(c1cc(Cl)ccc1O)N(CC1CC1)CC1CC1. The first kappa shape index (κ1) is 12.8. The molecule has 102 valence electrons. The number of amides is 1. The zero-order valence-corrected chi connectivity index (χ0v) is 11.6. The lowest BCUT2D eigenvalue weighted by Crippen LogP contribution is -2.34.